The van der Waals surface area contributed by atoms with E-state index in [2.05, 4.69) is 9.64 Å². The third-order valence-corrected chi connectivity index (χ3v) is 3.44. The van der Waals surface area contributed by atoms with Gasteiger partial charge in [-0.2, -0.15) is 0 Å². The molecule has 1 aromatic rings. The van der Waals surface area contributed by atoms with Gasteiger partial charge in [0.25, 0.3) is 0 Å². The van der Waals surface area contributed by atoms with E-state index >= 15 is 0 Å². The first kappa shape index (κ1) is 17.4. The number of unbranched alkanes of at least 4 members (excludes halogenated alkanes) is 1. The van der Waals surface area contributed by atoms with E-state index in [9.17, 15) is 9.59 Å². The molecule has 116 valence electrons. The van der Waals surface area contributed by atoms with Gasteiger partial charge in [-0.25, -0.2) is 0 Å². The van der Waals surface area contributed by atoms with Crippen LogP contribution in [0.3, 0.4) is 0 Å². The summed E-state index contributed by atoms with van der Waals surface area (Å²) in [4.78, 5) is 25.1. The molecule has 0 spiro atoms. The third-order valence-electron chi connectivity index (χ3n) is 3.44. The summed E-state index contributed by atoms with van der Waals surface area (Å²) in [7, 11) is 3.45. The number of carbonyl (C=O) groups is 2. The number of nitrogens with zero attached hydrogens (tertiary/aromatic N) is 1. The molecule has 0 saturated heterocycles. The van der Waals surface area contributed by atoms with E-state index in [-0.39, 0.29) is 11.8 Å². The van der Waals surface area contributed by atoms with Crippen molar-refractivity contribution in [2.24, 2.45) is 0 Å². The molecule has 1 rings (SSSR count). The van der Waals surface area contributed by atoms with Crippen molar-refractivity contribution >= 4 is 11.8 Å². The quantitative estimate of drug-likeness (QED) is 0.378. The lowest BCUT2D eigenvalue weighted by Crippen LogP contribution is -2.21. The summed E-state index contributed by atoms with van der Waals surface area (Å²) in [5, 5.41) is 0. The van der Waals surface area contributed by atoms with Crippen LogP contribution in [0.5, 0.6) is 0 Å². The summed E-state index contributed by atoms with van der Waals surface area (Å²) < 4.78 is 4.60. The van der Waals surface area contributed by atoms with Gasteiger partial charge in [-0.3, -0.25) is 9.59 Å². The van der Waals surface area contributed by atoms with Crippen molar-refractivity contribution in [3.63, 3.8) is 0 Å². The zero-order valence-electron chi connectivity index (χ0n) is 13.0. The molecule has 1 aromatic carbocycles. The van der Waals surface area contributed by atoms with Crippen LogP contribution in [-0.2, 0) is 9.53 Å². The van der Waals surface area contributed by atoms with Crippen LogP contribution < -0.4 is 0 Å². The number of hydrogen-bond acceptors (Lipinski definition) is 4. The van der Waals surface area contributed by atoms with E-state index in [4.69, 9.17) is 0 Å². The largest absolute Gasteiger partial charge is 0.469 e. The van der Waals surface area contributed by atoms with Gasteiger partial charge in [0.1, 0.15) is 0 Å². The van der Waals surface area contributed by atoms with Crippen LogP contribution in [0.4, 0.5) is 0 Å². The Morgan fingerprint density at radius 2 is 1.67 bits per heavy atom. The van der Waals surface area contributed by atoms with Crippen molar-refractivity contribution in [3.05, 3.63) is 35.9 Å². The normalized spacial score (nSPS) is 10.6. The highest BCUT2D eigenvalue weighted by Crippen LogP contribution is 2.07. The number of Topliss-reactive ketones (excluding diaryl/α,β-unsaturated/α-hetero) is 1. The molecule has 0 fully saturated rings. The van der Waals surface area contributed by atoms with Crippen molar-refractivity contribution < 1.29 is 14.3 Å². The van der Waals surface area contributed by atoms with Gasteiger partial charge >= 0.3 is 5.97 Å². The van der Waals surface area contributed by atoms with Crippen LogP contribution in [0, 0.1) is 0 Å². The smallest absolute Gasteiger partial charge is 0.305 e. The van der Waals surface area contributed by atoms with Gasteiger partial charge in [0, 0.05) is 18.4 Å². The molecule has 4 heteroatoms. The predicted octanol–water partition coefficient (Wildman–Crippen LogP) is 2.92. The van der Waals surface area contributed by atoms with Crippen LogP contribution in [-0.4, -0.2) is 43.9 Å². The molecule has 21 heavy (non-hydrogen) atoms. The SMILES string of the molecule is COC(=O)CCCN(C)CCCCC(=O)c1ccccc1. The summed E-state index contributed by atoms with van der Waals surface area (Å²) in [5.41, 5.74) is 0.795. The molecule has 0 aliphatic heterocycles. The fourth-order valence-electron chi connectivity index (χ4n) is 2.14. The number of ether oxygens (including phenoxy) is 1. The summed E-state index contributed by atoms with van der Waals surface area (Å²) in [5.74, 6) is 0.0563. The lowest BCUT2D eigenvalue weighted by atomic mass is 10.1. The lowest BCUT2D eigenvalue weighted by Gasteiger charge is -2.15. The Morgan fingerprint density at radius 1 is 1.00 bits per heavy atom. The second-order valence-corrected chi connectivity index (χ2v) is 5.23. The summed E-state index contributed by atoms with van der Waals surface area (Å²) in [6.45, 7) is 1.82. The minimum absolute atomic E-state index is 0.156. The number of carbonyl (C=O) groups excluding carboxylic acids is 2. The third kappa shape index (κ3) is 7.61. The monoisotopic (exact) mass is 291 g/mol. The van der Waals surface area contributed by atoms with Crippen molar-refractivity contribution in [1.29, 1.82) is 0 Å². The molecule has 0 N–H and O–H groups in total. The molecule has 0 atom stereocenters. The minimum atomic E-state index is -0.156. The van der Waals surface area contributed by atoms with Gasteiger partial charge in [-0.15, -0.1) is 0 Å². The van der Waals surface area contributed by atoms with Gasteiger partial charge in [0.05, 0.1) is 7.11 Å². The van der Waals surface area contributed by atoms with E-state index in [1.54, 1.807) is 0 Å². The van der Waals surface area contributed by atoms with Gasteiger partial charge in [0.15, 0.2) is 5.78 Å². The Bertz CT molecular complexity index is 431. The van der Waals surface area contributed by atoms with Crippen molar-refractivity contribution in [2.75, 3.05) is 27.2 Å². The molecular formula is C17H25NO3. The Hall–Kier alpha value is -1.68. The molecule has 0 heterocycles. The van der Waals surface area contributed by atoms with Gasteiger partial charge in [-0.1, -0.05) is 30.3 Å². The molecule has 0 amide bonds. The highest BCUT2D eigenvalue weighted by molar-refractivity contribution is 5.95. The van der Waals surface area contributed by atoms with Gasteiger partial charge < -0.3 is 9.64 Å². The second kappa shape index (κ2) is 10.1. The Kier molecular flexibility index (Phi) is 8.36. The number of benzene rings is 1. The molecule has 0 radical (unpaired) electrons. The molecule has 4 nitrogen and oxygen atoms in total. The first-order valence-corrected chi connectivity index (χ1v) is 7.47. The standard InChI is InChI=1S/C17H25NO3/c1-18(14-8-12-17(20)21-2)13-7-6-11-16(19)15-9-4-3-5-10-15/h3-5,9-10H,6-8,11-14H2,1-2H3. The molecule has 0 aliphatic carbocycles. The Labute approximate surface area is 127 Å². The number of hydrogen-bond donors (Lipinski definition) is 0. The maximum Gasteiger partial charge on any atom is 0.305 e. The first-order valence-electron chi connectivity index (χ1n) is 7.47. The lowest BCUT2D eigenvalue weighted by molar-refractivity contribution is -0.140. The van der Waals surface area contributed by atoms with Crippen LogP contribution in [0.1, 0.15) is 42.5 Å². The summed E-state index contributed by atoms with van der Waals surface area (Å²) >= 11 is 0. The topological polar surface area (TPSA) is 46.6 Å². The average Bonchev–Trinajstić information content (AvgIpc) is 2.52. The zero-order valence-corrected chi connectivity index (χ0v) is 13.0. The van der Waals surface area contributed by atoms with Crippen molar-refractivity contribution in [2.45, 2.75) is 32.1 Å². The van der Waals surface area contributed by atoms with Gasteiger partial charge in [0.2, 0.25) is 0 Å². The van der Waals surface area contributed by atoms with E-state index < -0.39 is 0 Å². The number of esters is 1. The number of methoxy groups -OCH3 is 1. The second-order valence-electron chi connectivity index (χ2n) is 5.23. The maximum atomic E-state index is 11.9. The van der Waals surface area contributed by atoms with E-state index in [1.807, 2.05) is 37.4 Å². The molecule has 0 saturated carbocycles. The fraction of sp³-hybridized carbons (Fsp3) is 0.529. The minimum Gasteiger partial charge on any atom is -0.469 e. The van der Waals surface area contributed by atoms with E-state index in [1.165, 1.54) is 7.11 Å². The number of rotatable bonds is 10. The highest BCUT2D eigenvalue weighted by atomic mass is 16.5. The zero-order chi connectivity index (χ0) is 15.5. The highest BCUT2D eigenvalue weighted by Gasteiger charge is 2.06. The van der Waals surface area contributed by atoms with Crippen LogP contribution in [0.15, 0.2) is 30.3 Å². The van der Waals surface area contributed by atoms with Crippen LogP contribution in [0.2, 0.25) is 0 Å². The summed E-state index contributed by atoms with van der Waals surface area (Å²) in [6, 6.07) is 9.42. The molecular weight excluding hydrogens is 266 g/mol. The number of ketones is 1. The van der Waals surface area contributed by atoms with Crippen molar-refractivity contribution in [1.82, 2.24) is 4.90 Å². The molecule has 0 bridgehead atoms. The fourth-order valence-corrected chi connectivity index (χ4v) is 2.14. The van der Waals surface area contributed by atoms with E-state index in [0.29, 0.717) is 12.8 Å². The Balaban J connectivity index is 2.08. The molecule has 0 aromatic heterocycles. The van der Waals surface area contributed by atoms with Gasteiger partial charge in [-0.05, 0) is 39.4 Å². The first-order chi connectivity index (χ1) is 10.1. The molecule has 0 unspecified atom stereocenters. The van der Waals surface area contributed by atoms with Crippen molar-refractivity contribution in [3.8, 4) is 0 Å². The van der Waals surface area contributed by atoms with E-state index in [0.717, 1.165) is 37.9 Å². The van der Waals surface area contributed by atoms with Crippen LogP contribution in [0.25, 0.3) is 0 Å². The summed E-state index contributed by atoms with van der Waals surface area (Å²) in [6.07, 6.45) is 3.77. The predicted molar refractivity (Wildman–Crippen MR) is 83.4 cm³/mol. The van der Waals surface area contributed by atoms with Crippen LogP contribution >= 0.6 is 0 Å². The average molecular weight is 291 g/mol. The Morgan fingerprint density at radius 3 is 2.33 bits per heavy atom. The molecule has 0 aliphatic rings. The maximum absolute atomic E-state index is 11.9.